The fourth-order valence-electron chi connectivity index (χ4n) is 2.69. The first kappa shape index (κ1) is 16.5. The first-order valence-corrected chi connectivity index (χ1v) is 7.98. The van der Waals surface area contributed by atoms with E-state index in [-0.39, 0.29) is 24.1 Å². The molecule has 1 N–H and O–H groups in total. The van der Waals surface area contributed by atoms with Gasteiger partial charge in [-0.15, -0.1) is 0 Å². The number of rotatable bonds is 4. The summed E-state index contributed by atoms with van der Waals surface area (Å²) in [5.74, 6) is -0.969. The van der Waals surface area contributed by atoms with E-state index >= 15 is 0 Å². The van der Waals surface area contributed by atoms with Gasteiger partial charge >= 0.3 is 0 Å². The van der Waals surface area contributed by atoms with Crippen LogP contribution >= 0.6 is 11.6 Å². The molecular weight excluding hydrogens is 331 g/mol. The van der Waals surface area contributed by atoms with Crippen molar-refractivity contribution in [1.82, 2.24) is 4.90 Å². The highest BCUT2D eigenvalue weighted by molar-refractivity contribution is 6.30. The van der Waals surface area contributed by atoms with Crippen molar-refractivity contribution in [2.45, 2.75) is 13.0 Å². The van der Waals surface area contributed by atoms with Gasteiger partial charge in [0.25, 0.3) is 0 Å². The maximum Gasteiger partial charge on any atom is 0.229 e. The lowest BCUT2D eigenvalue weighted by atomic mass is 10.1. The first-order valence-electron chi connectivity index (χ1n) is 7.60. The van der Waals surface area contributed by atoms with Crippen molar-refractivity contribution in [2.24, 2.45) is 5.92 Å². The van der Waals surface area contributed by atoms with Crippen LogP contribution in [0.25, 0.3) is 0 Å². The van der Waals surface area contributed by atoms with Crippen LogP contribution in [0.3, 0.4) is 0 Å². The minimum atomic E-state index is -0.395. The molecule has 0 aromatic heterocycles. The van der Waals surface area contributed by atoms with Gasteiger partial charge in [-0.1, -0.05) is 23.7 Å². The number of carbonyl (C=O) groups excluding carboxylic acids is 2. The minimum Gasteiger partial charge on any atom is -0.338 e. The maximum absolute atomic E-state index is 12.9. The molecule has 2 aromatic rings. The van der Waals surface area contributed by atoms with Gasteiger partial charge in [0, 0.05) is 30.2 Å². The molecule has 1 atom stereocenters. The number of halogens is 2. The molecule has 6 heteroatoms. The fourth-order valence-corrected chi connectivity index (χ4v) is 2.81. The molecule has 24 heavy (non-hydrogen) atoms. The molecule has 0 unspecified atom stereocenters. The molecule has 1 aliphatic rings. The standard InChI is InChI=1S/C18H16ClFN2O2/c19-14-3-7-16(8-4-14)21-18(24)13-9-17(23)22(11-13)10-12-1-5-15(20)6-2-12/h1-8,13H,9-11H2,(H,21,24)/t13-/m0/s1. The SMILES string of the molecule is O=C(Nc1ccc(Cl)cc1)[C@H]1CC(=O)N(Cc2ccc(F)cc2)C1. The van der Waals surface area contributed by atoms with Crippen LogP contribution in [0.4, 0.5) is 10.1 Å². The predicted molar refractivity (Wildman–Crippen MR) is 90.0 cm³/mol. The summed E-state index contributed by atoms with van der Waals surface area (Å²) in [6, 6.07) is 12.8. The van der Waals surface area contributed by atoms with E-state index in [1.165, 1.54) is 12.1 Å². The molecule has 2 aromatic carbocycles. The molecule has 0 aliphatic carbocycles. The van der Waals surface area contributed by atoms with Gasteiger partial charge in [-0.25, -0.2) is 4.39 Å². The Bertz CT molecular complexity index is 747. The lowest BCUT2D eigenvalue weighted by Gasteiger charge is -2.16. The van der Waals surface area contributed by atoms with Crippen molar-refractivity contribution in [3.05, 3.63) is 64.9 Å². The van der Waals surface area contributed by atoms with Crippen LogP contribution in [-0.2, 0) is 16.1 Å². The molecule has 0 bridgehead atoms. The van der Waals surface area contributed by atoms with Gasteiger partial charge in [0.2, 0.25) is 11.8 Å². The Morgan fingerprint density at radius 1 is 1.17 bits per heavy atom. The average molecular weight is 347 g/mol. The molecule has 1 saturated heterocycles. The second-order valence-corrected chi connectivity index (χ2v) is 6.23. The summed E-state index contributed by atoms with van der Waals surface area (Å²) in [5.41, 5.74) is 1.48. The maximum atomic E-state index is 12.9. The largest absolute Gasteiger partial charge is 0.338 e. The summed E-state index contributed by atoms with van der Waals surface area (Å²) < 4.78 is 12.9. The van der Waals surface area contributed by atoms with E-state index in [4.69, 9.17) is 11.6 Å². The van der Waals surface area contributed by atoms with E-state index in [2.05, 4.69) is 5.32 Å². The normalized spacial score (nSPS) is 17.2. The third-order valence-electron chi connectivity index (χ3n) is 3.98. The fraction of sp³-hybridized carbons (Fsp3) is 0.222. The number of hydrogen-bond donors (Lipinski definition) is 1. The molecule has 0 radical (unpaired) electrons. The summed E-state index contributed by atoms with van der Waals surface area (Å²) in [6.45, 7) is 0.736. The highest BCUT2D eigenvalue weighted by Gasteiger charge is 2.34. The van der Waals surface area contributed by atoms with E-state index in [1.54, 1.807) is 41.3 Å². The molecular formula is C18H16ClFN2O2. The lowest BCUT2D eigenvalue weighted by Crippen LogP contribution is -2.28. The highest BCUT2D eigenvalue weighted by Crippen LogP contribution is 2.22. The summed E-state index contributed by atoms with van der Waals surface area (Å²) in [7, 11) is 0. The average Bonchev–Trinajstić information content (AvgIpc) is 2.93. The number of benzene rings is 2. The van der Waals surface area contributed by atoms with E-state index in [9.17, 15) is 14.0 Å². The van der Waals surface area contributed by atoms with Crippen molar-refractivity contribution in [3.63, 3.8) is 0 Å². The van der Waals surface area contributed by atoms with Crippen molar-refractivity contribution in [3.8, 4) is 0 Å². The van der Waals surface area contributed by atoms with Crippen LogP contribution in [0, 0.1) is 11.7 Å². The number of carbonyl (C=O) groups is 2. The topological polar surface area (TPSA) is 49.4 Å². The van der Waals surface area contributed by atoms with Crippen molar-refractivity contribution < 1.29 is 14.0 Å². The molecule has 0 spiro atoms. The quantitative estimate of drug-likeness (QED) is 0.921. The Hall–Kier alpha value is -2.40. The van der Waals surface area contributed by atoms with Crippen LogP contribution in [0.1, 0.15) is 12.0 Å². The van der Waals surface area contributed by atoms with E-state index in [0.29, 0.717) is 23.8 Å². The Kier molecular flexibility index (Phi) is 4.81. The molecule has 3 rings (SSSR count). The zero-order valence-electron chi connectivity index (χ0n) is 12.8. The number of nitrogens with zero attached hydrogens (tertiary/aromatic N) is 1. The van der Waals surface area contributed by atoms with Crippen LogP contribution in [0.15, 0.2) is 48.5 Å². The summed E-state index contributed by atoms with van der Waals surface area (Å²) in [4.78, 5) is 26.1. The summed E-state index contributed by atoms with van der Waals surface area (Å²) in [5, 5.41) is 3.39. The predicted octanol–water partition coefficient (Wildman–Crippen LogP) is 3.47. The molecule has 124 valence electrons. The number of likely N-dealkylation sites (tertiary alicyclic amines) is 1. The molecule has 0 saturated carbocycles. The third-order valence-corrected chi connectivity index (χ3v) is 4.24. The summed E-state index contributed by atoms with van der Waals surface area (Å²) >= 11 is 5.81. The molecule has 1 aliphatic heterocycles. The second kappa shape index (κ2) is 7.01. The lowest BCUT2D eigenvalue weighted by molar-refractivity contribution is -0.128. The molecule has 1 fully saturated rings. The number of hydrogen-bond acceptors (Lipinski definition) is 2. The molecule has 2 amide bonds. The smallest absolute Gasteiger partial charge is 0.229 e. The van der Waals surface area contributed by atoms with Crippen LogP contribution in [-0.4, -0.2) is 23.3 Å². The van der Waals surface area contributed by atoms with Crippen molar-refractivity contribution >= 4 is 29.1 Å². The zero-order chi connectivity index (χ0) is 17.1. The van der Waals surface area contributed by atoms with Gasteiger partial charge < -0.3 is 10.2 Å². The van der Waals surface area contributed by atoms with Gasteiger partial charge in [0.1, 0.15) is 5.82 Å². The van der Waals surface area contributed by atoms with E-state index in [0.717, 1.165) is 5.56 Å². The van der Waals surface area contributed by atoms with Crippen molar-refractivity contribution in [1.29, 1.82) is 0 Å². The Balaban J connectivity index is 1.60. The van der Waals surface area contributed by atoms with Gasteiger partial charge in [-0.2, -0.15) is 0 Å². The second-order valence-electron chi connectivity index (χ2n) is 5.80. The third kappa shape index (κ3) is 3.92. The number of anilines is 1. The number of amides is 2. The first-order chi connectivity index (χ1) is 11.5. The number of nitrogens with one attached hydrogen (secondary N) is 1. The van der Waals surface area contributed by atoms with Crippen LogP contribution in [0.2, 0.25) is 5.02 Å². The highest BCUT2D eigenvalue weighted by atomic mass is 35.5. The molecule has 4 nitrogen and oxygen atoms in total. The van der Waals surface area contributed by atoms with E-state index in [1.807, 2.05) is 0 Å². The van der Waals surface area contributed by atoms with Crippen molar-refractivity contribution in [2.75, 3.05) is 11.9 Å². The van der Waals surface area contributed by atoms with Gasteiger partial charge in [0.15, 0.2) is 0 Å². The van der Waals surface area contributed by atoms with Crippen LogP contribution < -0.4 is 5.32 Å². The van der Waals surface area contributed by atoms with Gasteiger partial charge in [-0.3, -0.25) is 9.59 Å². The summed E-state index contributed by atoms with van der Waals surface area (Å²) in [6.07, 6.45) is 0.181. The Labute approximate surface area is 144 Å². The zero-order valence-corrected chi connectivity index (χ0v) is 13.6. The monoisotopic (exact) mass is 346 g/mol. The minimum absolute atomic E-state index is 0.0735. The van der Waals surface area contributed by atoms with Crippen LogP contribution in [0.5, 0.6) is 0 Å². The van der Waals surface area contributed by atoms with Gasteiger partial charge in [-0.05, 0) is 42.0 Å². The molecule has 1 heterocycles. The van der Waals surface area contributed by atoms with E-state index < -0.39 is 5.92 Å². The Morgan fingerprint density at radius 3 is 2.50 bits per heavy atom. The Morgan fingerprint density at radius 2 is 1.83 bits per heavy atom. The van der Waals surface area contributed by atoms with Gasteiger partial charge in [0.05, 0.1) is 5.92 Å².